The summed E-state index contributed by atoms with van der Waals surface area (Å²) in [6.07, 6.45) is 1.74. The first-order valence-corrected chi connectivity index (χ1v) is 5.46. The highest BCUT2D eigenvalue weighted by molar-refractivity contribution is 9.10. The van der Waals surface area contributed by atoms with E-state index in [0.717, 1.165) is 10.0 Å². The molecule has 4 heteroatoms. The lowest BCUT2D eigenvalue weighted by molar-refractivity contribution is 0.740. The van der Waals surface area contributed by atoms with Gasteiger partial charge in [0.15, 0.2) is 0 Å². The van der Waals surface area contributed by atoms with Crippen molar-refractivity contribution in [3.63, 3.8) is 0 Å². The summed E-state index contributed by atoms with van der Waals surface area (Å²) in [6, 6.07) is 1.79. The van der Waals surface area contributed by atoms with Gasteiger partial charge in [-0.15, -0.1) is 11.6 Å². The van der Waals surface area contributed by atoms with Crippen LogP contribution in [-0.2, 0) is 6.54 Å². The van der Waals surface area contributed by atoms with E-state index in [0.29, 0.717) is 18.0 Å². The number of aromatic nitrogens is 1. The lowest BCUT2D eigenvalue weighted by atomic mass is 10.3. The molecule has 0 bridgehead atoms. The van der Waals surface area contributed by atoms with Gasteiger partial charge in [-0.05, 0) is 34.5 Å². The van der Waals surface area contributed by atoms with Crippen LogP contribution in [0.2, 0.25) is 0 Å². The molecule has 14 heavy (non-hydrogen) atoms. The van der Waals surface area contributed by atoms with Crippen molar-refractivity contribution in [2.45, 2.75) is 13.5 Å². The van der Waals surface area contributed by atoms with Gasteiger partial charge in [-0.2, -0.15) is 0 Å². The van der Waals surface area contributed by atoms with Gasteiger partial charge in [0.05, 0.1) is 0 Å². The molecule has 76 valence electrons. The summed E-state index contributed by atoms with van der Waals surface area (Å²) in [5, 5.41) is 0. The second kappa shape index (κ2) is 4.80. The number of rotatable bonds is 3. The minimum atomic E-state index is -0.000494. The van der Waals surface area contributed by atoms with Crippen molar-refractivity contribution in [3.05, 3.63) is 44.8 Å². The zero-order valence-electron chi connectivity index (χ0n) is 7.89. The summed E-state index contributed by atoms with van der Waals surface area (Å²) < 4.78 is 2.49. The van der Waals surface area contributed by atoms with E-state index >= 15 is 0 Å². The number of aryl methyl sites for hydroxylation is 1. The molecule has 0 spiro atoms. The maximum absolute atomic E-state index is 11.6. The molecule has 1 aromatic heterocycles. The van der Waals surface area contributed by atoms with E-state index in [1.165, 1.54) is 0 Å². The van der Waals surface area contributed by atoms with E-state index < -0.39 is 0 Å². The second-order valence-corrected chi connectivity index (χ2v) is 4.34. The minimum Gasteiger partial charge on any atom is -0.310 e. The summed E-state index contributed by atoms with van der Waals surface area (Å²) in [5.41, 5.74) is 1.53. The van der Waals surface area contributed by atoms with Gasteiger partial charge < -0.3 is 4.57 Å². The molecule has 1 heterocycles. The van der Waals surface area contributed by atoms with E-state index in [9.17, 15) is 4.79 Å². The molecule has 0 aliphatic carbocycles. The maximum atomic E-state index is 11.6. The van der Waals surface area contributed by atoms with Crippen LogP contribution in [-0.4, -0.2) is 10.4 Å². The predicted octanol–water partition coefficient (Wildman–Crippen LogP) is 2.71. The molecule has 2 nitrogen and oxygen atoms in total. The first-order chi connectivity index (χ1) is 6.54. The molecule has 1 rings (SSSR count). The second-order valence-electron chi connectivity index (χ2n) is 3.16. The number of alkyl halides is 1. The van der Waals surface area contributed by atoms with Crippen molar-refractivity contribution in [3.8, 4) is 0 Å². The van der Waals surface area contributed by atoms with Gasteiger partial charge >= 0.3 is 0 Å². The molecule has 0 aliphatic rings. The maximum Gasteiger partial charge on any atom is 0.253 e. The number of hydrogen-bond donors (Lipinski definition) is 0. The van der Waals surface area contributed by atoms with Crippen LogP contribution in [0, 0.1) is 6.92 Å². The summed E-state index contributed by atoms with van der Waals surface area (Å²) in [7, 11) is 0. The smallest absolute Gasteiger partial charge is 0.253 e. The SMILES string of the molecule is C=C(CCl)Cn1cc(Br)cc(C)c1=O. The fourth-order valence-corrected chi connectivity index (χ4v) is 1.82. The van der Waals surface area contributed by atoms with Crippen LogP contribution in [0.15, 0.2) is 33.7 Å². The van der Waals surface area contributed by atoms with Gasteiger partial charge in [-0.1, -0.05) is 6.58 Å². The first kappa shape index (κ1) is 11.5. The summed E-state index contributed by atoms with van der Waals surface area (Å²) in [6.45, 7) is 6.02. The molecule has 0 N–H and O–H groups in total. The van der Waals surface area contributed by atoms with Crippen LogP contribution in [0.4, 0.5) is 0 Å². The zero-order valence-corrected chi connectivity index (χ0v) is 10.2. The fraction of sp³-hybridized carbons (Fsp3) is 0.300. The fourth-order valence-electron chi connectivity index (χ4n) is 1.14. The Morgan fingerprint density at radius 2 is 2.36 bits per heavy atom. The average molecular weight is 277 g/mol. The Hall–Kier alpha value is -0.540. The highest BCUT2D eigenvalue weighted by Crippen LogP contribution is 2.09. The predicted molar refractivity (Wildman–Crippen MR) is 63.0 cm³/mol. The minimum absolute atomic E-state index is 0.000494. The molecule has 0 aliphatic heterocycles. The van der Waals surface area contributed by atoms with Crippen LogP contribution < -0.4 is 5.56 Å². The highest BCUT2D eigenvalue weighted by Gasteiger charge is 2.02. The number of pyridine rings is 1. The monoisotopic (exact) mass is 275 g/mol. The normalized spacial score (nSPS) is 10.2. The van der Waals surface area contributed by atoms with Crippen LogP contribution in [0.5, 0.6) is 0 Å². The average Bonchev–Trinajstić information content (AvgIpc) is 2.13. The summed E-state index contributed by atoms with van der Waals surface area (Å²) >= 11 is 8.94. The molecule has 1 aromatic rings. The van der Waals surface area contributed by atoms with Gasteiger partial charge in [0.1, 0.15) is 0 Å². The van der Waals surface area contributed by atoms with Crippen LogP contribution in [0.3, 0.4) is 0 Å². The Kier molecular flexibility index (Phi) is 3.96. The van der Waals surface area contributed by atoms with Crippen molar-refractivity contribution in [1.29, 1.82) is 0 Å². The van der Waals surface area contributed by atoms with Gasteiger partial charge in [0, 0.05) is 28.7 Å². The Bertz CT molecular complexity index is 411. The zero-order chi connectivity index (χ0) is 10.7. The molecule has 0 radical (unpaired) electrons. The van der Waals surface area contributed by atoms with E-state index in [-0.39, 0.29) is 5.56 Å². The largest absolute Gasteiger partial charge is 0.310 e. The molecule has 0 amide bonds. The molecule has 0 fully saturated rings. The van der Waals surface area contributed by atoms with Crippen molar-refractivity contribution in [2.75, 3.05) is 5.88 Å². The Balaban J connectivity index is 3.09. The van der Waals surface area contributed by atoms with E-state index in [1.54, 1.807) is 23.8 Å². The molecular weight excluding hydrogens is 265 g/mol. The third-order valence-corrected chi connectivity index (χ3v) is 2.63. The Morgan fingerprint density at radius 1 is 1.71 bits per heavy atom. The van der Waals surface area contributed by atoms with Gasteiger partial charge in [-0.3, -0.25) is 4.79 Å². The molecule has 0 atom stereocenters. The summed E-state index contributed by atoms with van der Waals surface area (Å²) in [4.78, 5) is 11.6. The standard InChI is InChI=1S/C10H11BrClNO/c1-7(4-12)5-13-6-9(11)3-8(2)10(13)14/h3,6H,1,4-5H2,2H3. The molecule has 0 saturated heterocycles. The lowest BCUT2D eigenvalue weighted by Gasteiger charge is -2.07. The van der Waals surface area contributed by atoms with Crippen molar-refractivity contribution < 1.29 is 0 Å². The number of nitrogens with zero attached hydrogens (tertiary/aromatic N) is 1. The topological polar surface area (TPSA) is 22.0 Å². The summed E-state index contributed by atoms with van der Waals surface area (Å²) in [5.74, 6) is 0.373. The molecule has 0 aromatic carbocycles. The van der Waals surface area contributed by atoms with E-state index in [1.807, 2.05) is 0 Å². The van der Waals surface area contributed by atoms with Gasteiger partial charge in [-0.25, -0.2) is 0 Å². The number of halogens is 2. The third-order valence-electron chi connectivity index (χ3n) is 1.81. The van der Waals surface area contributed by atoms with Crippen LogP contribution in [0.1, 0.15) is 5.56 Å². The number of hydrogen-bond acceptors (Lipinski definition) is 1. The molecule has 0 unspecified atom stereocenters. The third kappa shape index (κ3) is 2.72. The Morgan fingerprint density at radius 3 is 2.93 bits per heavy atom. The van der Waals surface area contributed by atoms with E-state index in [2.05, 4.69) is 22.5 Å². The van der Waals surface area contributed by atoms with E-state index in [4.69, 9.17) is 11.6 Å². The van der Waals surface area contributed by atoms with Crippen molar-refractivity contribution in [1.82, 2.24) is 4.57 Å². The van der Waals surface area contributed by atoms with Crippen LogP contribution in [0.25, 0.3) is 0 Å². The van der Waals surface area contributed by atoms with Gasteiger partial charge in [0.25, 0.3) is 5.56 Å². The molecular formula is C10H11BrClNO. The first-order valence-electron chi connectivity index (χ1n) is 4.14. The Labute approximate surface area is 96.3 Å². The quantitative estimate of drug-likeness (QED) is 0.614. The van der Waals surface area contributed by atoms with Crippen molar-refractivity contribution >= 4 is 27.5 Å². The molecule has 0 saturated carbocycles. The van der Waals surface area contributed by atoms with Crippen LogP contribution >= 0.6 is 27.5 Å². The highest BCUT2D eigenvalue weighted by atomic mass is 79.9. The lowest BCUT2D eigenvalue weighted by Crippen LogP contribution is -2.22. The number of allylic oxidation sites excluding steroid dienone is 1. The van der Waals surface area contributed by atoms with Crippen molar-refractivity contribution in [2.24, 2.45) is 0 Å². The van der Waals surface area contributed by atoms with Gasteiger partial charge in [0.2, 0.25) is 0 Å².